The van der Waals surface area contributed by atoms with E-state index < -0.39 is 0 Å². The monoisotopic (exact) mass is 619 g/mol. The number of para-hydroxylation sites is 1. The third-order valence-corrected chi connectivity index (χ3v) is 11.0. The Hall–Kier alpha value is -5.44. The molecule has 7 aromatic carbocycles. The zero-order chi connectivity index (χ0) is 31.5. The number of benzene rings is 7. The Morgan fingerprint density at radius 1 is 0.447 bits per heavy atom. The van der Waals surface area contributed by atoms with Crippen LogP contribution in [0.2, 0.25) is 0 Å². The molecule has 0 spiro atoms. The van der Waals surface area contributed by atoms with Crippen molar-refractivity contribution < 1.29 is 0 Å². The van der Waals surface area contributed by atoms with E-state index in [0.717, 1.165) is 5.69 Å². The summed E-state index contributed by atoms with van der Waals surface area (Å²) < 4.78 is 2.60. The minimum atomic E-state index is -0.0645. The van der Waals surface area contributed by atoms with Crippen molar-refractivity contribution in [2.24, 2.45) is 0 Å². The van der Waals surface area contributed by atoms with E-state index in [1.165, 1.54) is 76.1 Å². The van der Waals surface area contributed by atoms with Gasteiger partial charge in [-0.2, -0.15) is 0 Å². The molecule has 0 saturated heterocycles. The van der Waals surface area contributed by atoms with Gasteiger partial charge < -0.3 is 4.90 Å². The lowest BCUT2D eigenvalue weighted by Crippen LogP contribution is -2.15. The molecular weight excluding hydrogens is 587 g/mol. The molecule has 1 nitrogen and oxygen atoms in total. The highest BCUT2D eigenvalue weighted by molar-refractivity contribution is 7.26. The van der Waals surface area contributed by atoms with Crippen LogP contribution >= 0.6 is 11.3 Å². The highest BCUT2D eigenvalue weighted by Crippen LogP contribution is 2.54. The lowest BCUT2D eigenvalue weighted by atomic mass is 9.82. The Morgan fingerprint density at radius 2 is 1.04 bits per heavy atom. The fourth-order valence-corrected chi connectivity index (χ4v) is 8.79. The molecule has 0 atom stereocenters. The van der Waals surface area contributed by atoms with E-state index in [0.29, 0.717) is 0 Å². The number of hydrogen-bond donors (Lipinski definition) is 0. The standard InChI is InChI=1S/C45H33NS/c1-45(2)37-20-9-6-17-35(37)43-34(19-12-21-38(43)45)33-16-7-10-22-39(33)46(32-28-26-31(27-29-32)30-14-4-3-5-15-30)40-23-13-25-42-44(40)36-18-8-11-24-41(36)47-42/h3-29H,1-2H3. The van der Waals surface area contributed by atoms with Gasteiger partial charge in [-0.25, -0.2) is 0 Å². The van der Waals surface area contributed by atoms with Crippen molar-refractivity contribution in [3.8, 4) is 33.4 Å². The maximum Gasteiger partial charge on any atom is 0.0555 e. The first kappa shape index (κ1) is 27.8. The van der Waals surface area contributed by atoms with Gasteiger partial charge in [0.25, 0.3) is 0 Å². The summed E-state index contributed by atoms with van der Waals surface area (Å²) in [5.74, 6) is 0. The van der Waals surface area contributed by atoms with Crippen molar-refractivity contribution >= 4 is 48.6 Å². The molecule has 8 aromatic rings. The van der Waals surface area contributed by atoms with Gasteiger partial charge >= 0.3 is 0 Å². The predicted octanol–water partition coefficient (Wildman–Crippen LogP) is 13.2. The fraction of sp³-hybridized carbons (Fsp3) is 0.0667. The molecule has 1 aliphatic carbocycles. The maximum atomic E-state index is 2.48. The third-order valence-electron chi connectivity index (χ3n) is 9.90. The zero-order valence-corrected chi connectivity index (χ0v) is 27.3. The van der Waals surface area contributed by atoms with Crippen molar-refractivity contribution in [2.75, 3.05) is 4.90 Å². The second-order valence-corrected chi connectivity index (χ2v) is 14.0. The Kier molecular flexibility index (Phi) is 6.41. The molecule has 0 fully saturated rings. The molecule has 9 rings (SSSR count). The van der Waals surface area contributed by atoms with Gasteiger partial charge in [-0.1, -0.05) is 141 Å². The van der Waals surface area contributed by atoms with Crippen LogP contribution < -0.4 is 4.90 Å². The van der Waals surface area contributed by atoms with Crippen LogP contribution in [-0.4, -0.2) is 0 Å². The van der Waals surface area contributed by atoms with Crippen molar-refractivity contribution in [2.45, 2.75) is 19.3 Å². The summed E-state index contributed by atoms with van der Waals surface area (Å²) in [6, 6.07) is 60.0. The first-order valence-corrected chi connectivity index (χ1v) is 17.1. The Bertz CT molecular complexity index is 2430. The molecule has 0 saturated carbocycles. The number of anilines is 3. The van der Waals surface area contributed by atoms with E-state index in [1.807, 2.05) is 11.3 Å². The Labute approximate surface area is 280 Å². The molecule has 0 N–H and O–H groups in total. The second kappa shape index (κ2) is 10.8. The molecule has 0 amide bonds. The van der Waals surface area contributed by atoms with Gasteiger partial charge in [0.2, 0.25) is 0 Å². The number of fused-ring (bicyclic) bond motifs is 6. The van der Waals surface area contributed by atoms with Gasteiger partial charge in [0.15, 0.2) is 0 Å². The number of thiophene rings is 1. The molecule has 224 valence electrons. The molecule has 1 aliphatic rings. The van der Waals surface area contributed by atoms with Gasteiger partial charge in [-0.05, 0) is 75.3 Å². The van der Waals surface area contributed by atoms with Crippen LogP contribution in [0.15, 0.2) is 164 Å². The van der Waals surface area contributed by atoms with Gasteiger partial charge in [0.1, 0.15) is 0 Å². The maximum absolute atomic E-state index is 2.48. The highest BCUT2D eigenvalue weighted by Gasteiger charge is 2.37. The minimum Gasteiger partial charge on any atom is -0.309 e. The quantitative estimate of drug-likeness (QED) is 0.185. The summed E-state index contributed by atoms with van der Waals surface area (Å²) in [5, 5.41) is 2.59. The Morgan fingerprint density at radius 3 is 1.89 bits per heavy atom. The van der Waals surface area contributed by atoms with Crippen LogP contribution in [0.3, 0.4) is 0 Å². The van der Waals surface area contributed by atoms with Gasteiger partial charge in [0.05, 0.1) is 11.4 Å². The van der Waals surface area contributed by atoms with Crippen LogP contribution in [0, 0.1) is 0 Å². The molecule has 0 radical (unpaired) electrons. The zero-order valence-electron chi connectivity index (χ0n) is 26.4. The lowest BCUT2D eigenvalue weighted by molar-refractivity contribution is 0.660. The lowest BCUT2D eigenvalue weighted by Gasteiger charge is -2.29. The summed E-state index contributed by atoms with van der Waals surface area (Å²) in [5.41, 5.74) is 13.8. The van der Waals surface area contributed by atoms with Crippen molar-refractivity contribution in [3.05, 3.63) is 175 Å². The topological polar surface area (TPSA) is 3.24 Å². The first-order valence-electron chi connectivity index (χ1n) is 16.3. The van der Waals surface area contributed by atoms with E-state index >= 15 is 0 Å². The summed E-state index contributed by atoms with van der Waals surface area (Å²) in [6.07, 6.45) is 0. The number of hydrogen-bond acceptors (Lipinski definition) is 2. The van der Waals surface area contributed by atoms with Gasteiger partial charge in [-0.3, -0.25) is 0 Å². The Balaban J connectivity index is 1.31. The minimum absolute atomic E-state index is 0.0645. The molecule has 0 aliphatic heterocycles. The smallest absolute Gasteiger partial charge is 0.0555 e. The van der Waals surface area contributed by atoms with Crippen molar-refractivity contribution in [3.63, 3.8) is 0 Å². The van der Waals surface area contributed by atoms with Gasteiger partial charge in [-0.15, -0.1) is 11.3 Å². The molecule has 0 unspecified atom stereocenters. The van der Waals surface area contributed by atoms with Gasteiger partial charge in [0, 0.05) is 36.8 Å². The molecule has 2 heteroatoms. The third kappa shape index (κ3) is 4.36. The van der Waals surface area contributed by atoms with Crippen LogP contribution in [0.1, 0.15) is 25.0 Å². The van der Waals surface area contributed by atoms with E-state index in [-0.39, 0.29) is 5.41 Å². The van der Waals surface area contributed by atoms with E-state index in [1.54, 1.807) is 0 Å². The average molecular weight is 620 g/mol. The summed E-state index contributed by atoms with van der Waals surface area (Å²) >= 11 is 1.87. The summed E-state index contributed by atoms with van der Waals surface area (Å²) in [7, 11) is 0. The van der Waals surface area contributed by atoms with Crippen LogP contribution in [-0.2, 0) is 5.41 Å². The summed E-state index contributed by atoms with van der Waals surface area (Å²) in [6.45, 7) is 4.71. The molecular formula is C45H33NS. The first-order chi connectivity index (χ1) is 23.1. The van der Waals surface area contributed by atoms with Crippen LogP contribution in [0.4, 0.5) is 17.1 Å². The summed E-state index contributed by atoms with van der Waals surface area (Å²) in [4.78, 5) is 2.48. The second-order valence-electron chi connectivity index (χ2n) is 12.9. The fourth-order valence-electron chi connectivity index (χ4n) is 7.66. The van der Waals surface area contributed by atoms with Crippen molar-refractivity contribution in [1.29, 1.82) is 0 Å². The SMILES string of the molecule is CC1(C)c2ccccc2-c2c(-c3ccccc3N(c3ccc(-c4ccccc4)cc3)c3cccc4sc5ccccc5c34)cccc21. The van der Waals surface area contributed by atoms with Crippen molar-refractivity contribution in [1.82, 2.24) is 0 Å². The van der Waals surface area contributed by atoms with Crippen LogP contribution in [0.25, 0.3) is 53.6 Å². The molecule has 0 bridgehead atoms. The predicted molar refractivity (Wildman–Crippen MR) is 202 cm³/mol. The number of rotatable bonds is 5. The number of nitrogens with zero attached hydrogens (tertiary/aromatic N) is 1. The average Bonchev–Trinajstić information content (AvgIpc) is 3.62. The van der Waals surface area contributed by atoms with Crippen LogP contribution in [0.5, 0.6) is 0 Å². The van der Waals surface area contributed by atoms with E-state index in [4.69, 9.17) is 0 Å². The normalized spacial score (nSPS) is 13.1. The molecule has 1 heterocycles. The molecule has 47 heavy (non-hydrogen) atoms. The van der Waals surface area contributed by atoms with E-state index in [9.17, 15) is 0 Å². The largest absolute Gasteiger partial charge is 0.309 e. The van der Waals surface area contributed by atoms with E-state index in [2.05, 4.69) is 183 Å². The molecule has 1 aromatic heterocycles. The highest BCUT2D eigenvalue weighted by atomic mass is 32.1.